The van der Waals surface area contributed by atoms with Crippen molar-refractivity contribution in [1.82, 2.24) is 19.9 Å². The fourth-order valence-corrected chi connectivity index (χ4v) is 1.54. The van der Waals surface area contributed by atoms with Crippen molar-refractivity contribution in [2.75, 3.05) is 14.2 Å². The smallest absolute Gasteiger partial charge is 0.341 e. The Morgan fingerprint density at radius 3 is 2.82 bits per heavy atom. The van der Waals surface area contributed by atoms with Gasteiger partial charge in [0.25, 0.3) is 5.56 Å². The van der Waals surface area contributed by atoms with Crippen LogP contribution in [0.25, 0.3) is 5.57 Å². The molecule has 0 aliphatic rings. The molecule has 0 unspecified atom stereocenters. The lowest BCUT2D eigenvalue weighted by atomic mass is 10.1. The summed E-state index contributed by atoms with van der Waals surface area (Å²) in [7, 11) is 2.61. The number of rotatable bonds is 5. The number of aromatic nitrogens is 4. The summed E-state index contributed by atoms with van der Waals surface area (Å²) >= 11 is 0. The van der Waals surface area contributed by atoms with E-state index in [4.69, 9.17) is 9.47 Å². The molecule has 2 heterocycles. The van der Waals surface area contributed by atoms with Gasteiger partial charge in [-0.1, -0.05) is 0 Å². The Labute approximate surface area is 124 Å². The van der Waals surface area contributed by atoms with Gasteiger partial charge in [0.15, 0.2) is 0 Å². The van der Waals surface area contributed by atoms with Crippen LogP contribution in [0.4, 0.5) is 0 Å². The standard InChI is InChI=1S/C13H12N4O5/c1-20-5-9(13(19)21-2)8-4-14-6-17-12(8)22-11-3-10(18)15-7-16-11/h3-7H,1-2H3,(H,15,16,18)/b9-5-. The largest absolute Gasteiger partial charge is 0.503 e. The van der Waals surface area contributed by atoms with Crippen LogP contribution >= 0.6 is 0 Å². The Morgan fingerprint density at radius 1 is 1.32 bits per heavy atom. The van der Waals surface area contributed by atoms with Crippen molar-refractivity contribution in [3.63, 3.8) is 0 Å². The van der Waals surface area contributed by atoms with Gasteiger partial charge in [-0.25, -0.2) is 19.7 Å². The van der Waals surface area contributed by atoms with Gasteiger partial charge in [0.2, 0.25) is 11.8 Å². The topological polar surface area (TPSA) is 116 Å². The zero-order chi connectivity index (χ0) is 15.9. The molecule has 2 aromatic heterocycles. The summed E-state index contributed by atoms with van der Waals surface area (Å²) in [5, 5.41) is 0. The van der Waals surface area contributed by atoms with E-state index in [-0.39, 0.29) is 28.5 Å². The van der Waals surface area contributed by atoms with E-state index in [1.807, 2.05) is 0 Å². The number of methoxy groups -OCH3 is 2. The summed E-state index contributed by atoms with van der Waals surface area (Å²) in [5.41, 5.74) is -0.0926. The van der Waals surface area contributed by atoms with Gasteiger partial charge in [0.1, 0.15) is 11.9 Å². The van der Waals surface area contributed by atoms with E-state index in [0.717, 1.165) is 6.07 Å². The van der Waals surface area contributed by atoms with Crippen LogP contribution < -0.4 is 10.3 Å². The SMILES string of the molecule is CO/C=C(\C(=O)OC)c1cncnc1Oc1cc(=O)[nH]cn1. The number of hydrogen-bond acceptors (Lipinski definition) is 8. The molecule has 0 aliphatic heterocycles. The highest BCUT2D eigenvalue weighted by atomic mass is 16.5. The molecule has 114 valence electrons. The van der Waals surface area contributed by atoms with Crippen LogP contribution in [-0.4, -0.2) is 40.1 Å². The van der Waals surface area contributed by atoms with E-state index in [9.17, 15) is 9.59 Å². The molecule has 2 aromatic rings. The number of carbonyl (C=O) groups excluding carboxylic acids is 1. The van der Waals surface area contributed by atoms with Gasteiger partial charge < -0.3 is 19.2 Å². The highest BCUT2D eigenvalue weighted by molar-refractivity contribution is 6.16. The molecule has 9 heteroatoms. The highest BCUT2D eigenvalue weighted by Crippen LogP contribution is 2.26. The number of nitrogens with zero attached hydrogens (tertiary/aromatic N) is 3. The fourth-order valence-electron chi connectivity index (χ4n) is 1.54. The van der Waals surface area contributed by atoms with Gasteiger partial charge in [-0.05, 0) is 0 Å². The third-order valence-corrected chi connectivity index (χ3v) is 2.46. The van der Waals surface area contributed by atoms with Crippen LogP contribution in [0.3, 0.4) is 0 Å². The number of esters is 1. The fraction of sp³-hybridized carbons (Fsp3) is 0.154. The quantitative estimate of drug-likeness (QED) is 0.482. The summed E-state index contributed by atoms with van der Waals surface area (Å²) in [6.07, 6.45) is 4.96. The predicted molar refractivity (Wildman–Crippen MR) is 74.0 cm³/mol. The van der Waals surface area contributed by atoms with Crippen LogP contribution in [0, 0.1) is 0 Å². The van der Waals surface area contributed by atoms with Crippen LogP contribution in [0.2, 0.25) is 0 Å². The molecule has 0 saturated carbocycles. The van der Waals surface area contributed by atoms with Crippen molar-refractivity contribution in [3.05, 3.63) is 47.1 Å². The predicted octanol–water partition coefficient (Wildman–Crippen LogP) is 0.512. The Morgan fingerprint density at radius 2 is 2.14 bits per heavy atom. The molecule has 0 atom stereocenters. The minimum atomic E-state index is -0.652. The molecular formula is C13H12N4O5. The maximum Gasteiger partial charge on any atom is 0.341 e. The molecule has 0 spiro atoms. The van der Waals surface area contributed by atoms with Gasteiger partial charge in [-0.3, -0.25) is 4.79 Å². The van der Waals surface area contributed by atoms with Crippen molar-refractivity contribution >= 4 is 11.5 Å². The molecule has 9 nitrogen and oxygen atoms in total. The van der Waals surface area contributed by atoms with Crippen molar-refractivity contribution in [1.29, 1.82) is 0 Å². The molecule has 0 aliphatic carbocycles. The molecule has 0 amide bonds. The Bertz CT molecular complexity index is 756. The molecule has 2 rings (SSSR count). The van der Waals surface area contributed by atoms with Crippen LogP contribution in [-0.2, 0) is 14.3 Å². The second kappa shape index (κ2) is 6.97. The lowest BCUT2D eigenvalue weighted by molar-refractivity contribution is -0.133. The van der Waals surface area contributed by atoms with Gasteiger partial charge >= 0.3 is 5.97 Å². The van der Waals surface area contributed by atoms with E-state index in [1.165, 1.54) is 39.3 Å². The number of nitrogens with one attached hydrogen (secondary N) is 1. The Hall–Kier alpha value is -3.23. The van der Waals surface area contributed by atoms with E-state index in [2.05, 4.69) is 24.7 Å². The molecular weight excluding hydrogens is 292 g/mol. The van der Waals surface area contributed by atoms with E-state index in [1.54, 1.807) is 0 Å². The first-order valence-electron chi connectivity index (χ1n) is 6.00. The van der Waals surface area contributed by atoms with Gasteiger partial charge in [-0.2, -0.15) is 0 Å². The number of H-pyrrole nitrogens is 1. The first-order valence-corrected chi connectivity index (χ1v) is 6.00. The lowest BCUT2D eigenvalue weighted by Gasteiger charge is -2.09. The third-order valence-electron chi connectivity index (χ3n) is 2.46. The number of hydrogen-bond donors (Lipinski definition) is 1. The average Bonchev–Trinajstić information content (AvgIpc) is 2.53. The molecule has 0 bridgehead atoms. The highest BCUT2D eigenvalue weighted by Gasteiger charge is 2.20. The van der Waals surface area contributed by atoms with Crippen molar-refractivity contribution in [2.24, 2.45) is 0 Å². The normalized spacial score (nSPS) is 10.9. The molecule has 0 radical (unpaired) electrons. The van der Waals surface area contributed by atoms with E-state index < -0.39 is 5.97 Å². The molecule has 22 heavy (non-hydrogen) atoms. The maximum absolute atomic E-state index is 11.8. The zero-order valence-electron chi connectivity index (χ0n) is 11.8. The molecule has 0 aromatic carbocycles. The van der Waals surface area contributed by atoms with E-state index in [0.29, 0.717) is 0 Å². The minimum absolute atomic E-state index is 0.0188. The second-order valence-electron chi connectivity index (χ2n) is 3.85. The summed E-state index contributed by atoms with van der Waals surface area (Å²) in [6.45, 7) is 0. The number of ether oxygens (including phenoxy) is 3. The zero-order valence-corrected chi connectivity index (χ0v) is 11.8. The number of carbonyl (C=O) groups is 1. The molecule has 0 fully saturated rings. The maximum atomic E-state index is 11.8. The van der Waals surface area contributed by atoms with Gasteiger partial charge in [0.05, 0.1) is 38.4 Å². The summed E-state index contributed by atoms with van der Waals surface area (Å²) in [5.74, 6) is -0.604. The minimum Gasteiger partial charge on any atom is -0.503 e. The summed E-state index contributed by atoms with van der Waals surface area (Å²) in [4.78, 5) is 37.0. The second-order valence-corrected chi connectivity index (χ2v) is 3.85. The molecule has 1 N–H and O–H groups in total. The van der Waals surface area contributed by atoms with Crippen LogP contribution in [0.1, 0.15) is 5.56 Å². The van der Waals surface area contributed by atoms with E-state index >= 15 is 0 Å². The summed E-state index contributed by atoms with van der Waals surface area (Å²) in [6, 6.07) is 1.14. The third kappa shape index (κ3) is 3.45. The monoisotopic (exact) mass is 304 g/mol. The van der Waals surface area contributed by atoms with Crippen molar-refractivity contribution < 1.29 is 19.0 Å². The number of aromatic amines is 1. The first kappa shape index (κ1) is 15.2. The average molecular weight is 304 g/mol. The van der Waals surface area contributed by atoms with Gasteiger partial charge in [-0.15, -0.1) is 0 Å². The Balaban J connectivity index is 2.43. The summed E-state index contributed by atoms with van der Waals surface area (Å²) < 4.78 is 15.0. The van der Waals surface area contributed by atoms with Gasteiger partial charge in [0, 0.05) is 6.20 Å². The van der Waals surface area contributed by atoms with Crippen molar-refractivity contribution in [2.45, 2.75) is 0 Å². The Kier molecular flexibility index (Phi) is 4.81. The molecule has 0 saturated heterocycles. The lowest BCUT2D eigenvalue weighted by Crippen LogP contribution is -2.08. The first-order chi connectivity index (χ1) is 10.7. The van der Waals surface area contributed by atoms with Crippen LogP contribution in [0.15, 0.2) is 36.0 Å². The van der Waals surface area contributed by atoms with Crippen molar-refractivity contribution in [3.8, 4) is 11.8 Å². The van der Waals surface area contributed by atoms with Crippen LogP contribution in [0.5, 0.6) is 11.8 Å².